The minimum Gasteiger partial charge on any atom is -0.369 e. The number of pyridine rings is 1. The van der Waals surface area contributed by atoms with Gasteiger partial charge in [0.25, 0.3) is 0 Å². The number of aromatic nitrogens is 3. The molecule has 0 fully saturated rings. The fraction of sp³-hybridized carbons (Fsp3) is 0.125. The van der Waals surface area contributed by atoms with E-state index in [9.17, 15) is 0 Å². The number of hydrogen-bond acceptors (Lipinski definition) is 3. The topological polar surface area (TPSA) is 42.7 Å². The summed E-state index contributed by atoms with van der Waals surface area (Å²) in [6.45, 7) is 0.960. The van der Waals surface area contributed by atoms with E-state index in [1.807, 2.05) is 41.3 Å². The molecular weight excluding hydrogens is 328 g/mol. The van der Waals surface area contributed by atoms with Gasteiger partial charge in [0.2, 0.25) is 0 Å². The fourth-order valence-corrected chi connectivity index (χ4v) is 2.95. The number of hydrogen-bond donors (Lipinski definition) is 1. The zero-order valence-electron chi connectivity index (χ0n) is 11.3. The molecular formula is C16H13BrN4. The van der Waals surface area contributed by atoms with E-state index in [-0.39, 0.29) is 0 Å². The molecule has 1 aromatic carbocycles. The van der Waals surface area contributed by atoms with Crippen LogP contribution in [-0.2, 0) is 6.42 Å². The number of nitrogens with zero attached hydrogens (tertiary/aromatic N) is 3. The largest absolute Gasteiger partial charge is 0.369 e. The maximum atomic E-state index is 4.81. The number of fused-ring (bicyclic) bond motifs is 1. The Morgan fingerprint density at radius 3 is 2.57 bits per heavy atom. The van der Waals surface area contributed by atoms with Crippen molar-refractivity contribution >= 4 is 21.7 Å². The summed E-state index contributed by atoms with van der Waals surface area (Å²) < 4.78 is 3.06. The summed E-state index contributed by atoms with van der Waals surface area (Å²) in [5.74, 6) is 1.10. The number of benzene rings is 1. The molecule has 3 aromatic rings. The third-order valence-corrected chi connectivity index (χ3v) is 4.20. The molecule has 2 aromatic heterocycles. The highest BCUT2D eigenvalue weighted by Crippen LogP contribution is 2.34. The first kappa shape index (κ1) is 12.6. The summed E-state index contributed by atoms with van der Waals surface area (Å²) in [5.41, 5.74) is 4.49. The van der Waals surface area contributed by atoms with Crippen molar-refractivity contribution in [2.45, 2.75) is 6.42 Å². The third kappa shape index (κ3) is 2.14. The molecule has 3 heterocycles. The Kier molecular flexibility index (Phi) is 3.00. The molecule has 0 saturated heterocycles. The van der Waals surface area contributed by atoms with Crippen molar-refractivity contribution < 1.29 is 0 Å². The van der Waals surface area contributed by atoms with Crippen molar-refractivity contribution in [2.75, 3.05) is 11.9 Å². The van der Waals surface area contributed by atoms with Gasteiger partial charge in [-0.25, -0.2) is 4.68 Å². The average molecular weight is 341 g/mol. The van der Waals surface area contributed by atoms with Crippen molar-refractivity contribution in [1.29, 1.82) is 0 Å². The Morgan fingerprint density at radius 1 is 1.05 bits per heavy atom. The molecule has 0 spiro atoms. The molecule has 21 heavy (non-hydrogen) atoms. The molecule has 1 aliphatic rings. The molecule has 5 heteroatoms. The molecule has 0 radical (unpaired) electrons. The van der Waals surface area contributed by atoms with Crippen molar-refractivity contribution in [1.82, 2.24) is 14.8 Å². The molecule has 4 rings (SSSR count). The fourth-order valence-electron chi connectivity index (χ4n) is 2.69. The van der Waals surface area contributed by atoms with E-state index in [0.717, 1.165) is 40.2 Å². The highest BCUT2D eigenvalue weighted by Gasteiger charge is 2.23. The Morgan fingerprint density at radius 2 is 1.81 bits per heavy atom. The van der Waals surface area contributed by atoms with E-state index < -0.39 is 0 Å². The van der Waals surface area contributed by atoms with Crippen LogP contribution in [0.1, 0.15) is 5.56 Å². The molecule has 0 aliphatic carbocycles. The SMILES string of the molecule is Brc1ccc(-n2nc(-c3ccncc3)c3c2NCC3)cc1. The number of anilines is 1. The first-order valence-corrected chi connectivity index (χ1v) is 7.64. The second kappa shape index (κ2) is 5.00. The molecule has 104 valence electrons. The smallest absolute Gasteiger partial charge is 0.133 e. The third-order valence-electron chi connectivity index (χ3n) is 3.68. The second-order valence-electron chi connectivity index (χ2n) is 4.98. The van der Waals surface area contributed by atoms with Crippen LogP contribution in [0.2, 0.25) is 0 Å². The Balaban J connectivity index is 1.88. The van der Waals surface area contributed by atoms with Crippen LogP contribution in [0.15, 0.2) is 53.3 Å². The van der Waals surface area contributed by atoms with Gasteiger partial charge in [0.15, 0.2) is 0 Å². The summed E-state index contributed by atoms with van der Waals surface area (Å²) in [5, 5.41) is 8.26. The molecule has 0 atom stereocenters. The molecule has 4 nitrogen and oxygen atoms in total. The monoisotopic (exact) mass is 340 g/mol. The lowest BCUT2D eigenvalue weighted by Gasteiger charge is -2.06. The predicted molar refractivity (Wildman–Crippen MR) is 86.7 cm³/mol. The Labute approximate surface area is 131 Å². The summed E-state index contributed by atoms with van der Waals surface area (Å²) >= 11 is 3.47. The molecule has 0 bridgehead atoms. The standard InChI is InChI=1S/C16H13BrN4/c17-12-1-3-13(4-2-12)21-16-14(7-10-19-16)15(20-21)11-5-8-18-9-6-11/h1-6,8-9,19H,7,10H2. The highest BCUT2D eigenvalue weighted by atomic mass is 79.9. The van der Waals surface area contributed by atoms with Gasteiger partial charge in [-0.2, -0.15) is 5.10 Å². The lowest BCUT2D eigenvalue weighted by Crippen LogP contribution is -2.04. The van der Waals surface area contributed by atoms with E-state index in [0.29, 0.717) is 0 Å². The number of nitrogens with one attached hydrogen (secondary N) is 1. The van der Waals surface area contributed by atoms with Crippen LogP contribution in [0, 0.1) is 0 Å². The normalized spacial score (nSPS) is 13.0. The van der Waals surface area contributed by atoms with Gasteiger partial charge in [0.1, 0.15) is 5.82 Å². The predicted octanol–water partition coefficient (Wildman–Crippen LogP) is 3.66. The zero-order chi connectivity index (χ0) is 14.2. The van der Waals surface area contributed by atoms with Gasteiger partial charge >= 0.3 is 0 Å². The van der Waals surface area contributed by atoms with Crippen LogP contribution in [0.25, 0.3) is 16.9 Å². The number of halogens is 1. The van der Waals surface area contributed by atoms with Crippen molar-refractivity contribution in [3.05, 3.63) is 58.8 Å². The van der Waals surface area contributed by atoms with Crippen LogP contribution in [0.5, 0.6) is 0 Å². The molecule has 0 saturated carbocycles. The van der Waals surface area contributed by atoms with Crippen LogP contribution >= 0.6 is 15.9 Å². The first-order valence-electron chi connectivity index (χ1n) is 6.85. The lowest BCUT2D eigenvalue weighted by atomic mass is 10.1. The second-order valence-corrected chi connectivity index (χ2v) is 5.89. The average Bonchev–Trinajstić information content (AvgIpc) is 3.11. The van der Waals surface area contributed by atoms with E-state index in [1.54, 1.807) is 0 Å². The van der Waals surface area contributed by atoms with Gasteiger partial charge in [0.05, 0.1) is 11.4 Å². The molecule has 1 aliphatic heterocycles. The van der Waals surface area contributed by atoms with Crippen molar-refractivity contribution in [3.8, 4) is 16.9 Å². The van der Waals surface area contributed by atoms with Gasteiger partial charge in [-0.1, -0.05) is 15.9 Å². The maximum absolute atomic E-state index is 4.81. The van der Waals surface area contributed by atoms with Crippen LogP contribution < -0.4 is 5.32 Å². The molecule has 0 unspecified atom stereocenters. The Hall–Kier alpha value is -2.14. The van der Waals surface area contributed by atoms with Gasteiger partial charge < -0.3 is 5.32 Å². The van der Waals surface area contributed by atoms with Crippen molar-refractivity contribution in [2.24, 2.45) is 0 Å². The van der Waals surface area contributed by atoms with E-state index in [1.165, 1.54) is 5.56 Å². The van der Waals surface area contributed by atoms with Gasteiger partial charge in [-0.05, 0) is 42.8 Å². The minimum absolute atomic E-state index is 0.960. The summed E-state index contributed by atoms with van der Waals surface area (Å²) in [6, 6.07) is 12.2. The van der Waals surface area contributed by atoms with Gasteiger partial charge in [0, 0.05) is 34.5 Å². The van der Waals surface area contributed by atoms with Crippen molar-refractivity contribution in [3.63, 3.8) is 0 Å². The van der Waals surface area contributed by atoms with Crippen LogP contribution in [-0.4, -0.2) is 21.3 Å². The van der Waals surface area contributed by atoms with Crippen LogP contribution in [0.3, 0.4) is 0 Å². The lowest BCUT2D eigenvalue weighted by molar-refractivity contribution is 0.882. The Bertz CT molecular complexity index is 778. The summed E-state index contributed by atoms with van der Waals surface area (Å²) in [4.78, 5) is 4.08. The van der Waals surface area contributed by atoms with E-state index in [2.05, 4.69) is 38.4 Å². The molecule has 1 N–H and O–H groups in total. The van der Waals surface area contributed by atoms with E-state index >= 15 is 0 Å². The minimum atomic E-state index is 0.960. The zero-order valence-corrected chi connectivity index (χ0v) is 12.8. The first-order chi connectivity index (χ1) is 10.3. The summed E-state index contributed by atoms with van der Waals surface area (Å²) in [6.07, 6.45) is 4.62. The van der Waals surface area contributed by atoms with E-state index in [4.69, 9.17) is 5.10 Å². The molecule has 0 amide bonds. The van der Waals surface area contributed by atoms with Gasteiger partial charge in [-0.3, -0.25) is 4.98 Å². The quantitative estimate of drug-likeness (QED) is 0.774. The summed E-state index contributed by atoms with van der Waals surface area (Å²) in [7, 11) is 0. The van der Waals surface area contributed by atoms with Gasteiger partial charge in [-0.15, -0.1) is 0 Å². The number of rotatable bonds is 2. The highest BCUT2D eigenvalue weighted by molar-refractivity contribution is 9.10. The maximum Gasteiger partial charge on any atom is 0.133 e. The van der Waals surface area contributed by atoms with Crippen LogP contribution in [0.4, 0.5) is 5.82 Å².